The van der Waals surface area contributed by atoms with Gasteiger partial charge in [0.2, 0.25) is 0 Å². The Morgan fingerprint density at radius 2 is 1.90 bits per heavy atom. The highest BCUT2D eigenvalue weighted by Crippen LogP contribution is 2.21. The van der Waals surface area contributed by atoms with E-state index in [2.05, 4.69) is 21.2 Å². The predicted octanol–water partition coefficient (Wildman–Crippen LogP) is 5.29. The number of carbonyl (C=O) groups excluding carboxylic acids is 1. The molecule has 21 heavy (non-hydrogen) atoms. The Morgan fingerprint density at radius 3 is 2.48 bits per heavy atom. The van der Waals surface area contributed by atoms with Crippen LogP contribution in [-0.4, -0.2) is 5.91 Å². The molecule has 0 radical (unpaired) electrons. The zero-order chi connectivity index (χ0) is 15.4. The van der Waals surface area contributed by atoms with Gasteiger partial charge in [-0.1, -0.05) is 46.6 Å². The Morgan fingerprint density at radius 1 is 1.24 bits per heavy atom. The van der Waals surface area contributed by atoms with E-state index in [0.29, 0.717) is 10.6 Å². The fourth-order valence-electron chi connectivity index (χ4n) is 2.14. The largest absolute Gasteiger partial charge is 0.345 e. The van der Waals surface area contributed by atoms with Crippen molar-refractivity contribution >= 4 is 33.4 Å². The average molecular weight is 367 g/mol. The minimum absolute atomic E-state index is 0.0151. The van der Waals surface area contributed by atoms with Crippen LogP contribution in [0, 0.1) is 6.92 Å². The van der Waals surface area contributed by atoms with Gasteiger partial charge >= 0.3 is 0 Å². The summed E-state index contributed by atoms with van der Waals surface area (Å²) < 4.78 is 1.00. The maximum Gasteiger partial charge on any atom is 0.251 e. The topological polar surface area (TPSA) is 29.1 Å². The first-order valence-electron chi connectivity index (χ1n) is 6.83. The highest BCUT2D eigenvalue weighted by molar-refractivity contribution is 9.10. The summed E-state index contributed by atoms with van der Waals surface area (Å²) in [5.74, 6) is -0.0626. The predicted molar refractivity (Wildman–Crippen MR) is 90.8 cm³/mol. The molecule has 1 unspecified atom stereocenters. The van der Waals surface area contributed by atoms with Crippen LogP contribution in [0.4, 0.5) is 0 Å². The molecule has 0 saturated carbocycles. The van der Waals surface area contributed by atoms with E-state index in [1.807, 2.05) is 56.3 Å². The molecular weight excluding hydrogens is 350 g/mol. The standard InChI is InChI=1S/C17H17BrClNO/c1-3-16(12-4-7-14(19)8-5-12)20-17(21)13-6-9-15(18)11(2)10-13/h4-10,16H,3H2,1-2H3,(H,20,21). The van der Waals surface area contributed by atoms with E-state index in [4.69, 9.17) is 11.6 Å². The number of rotatable bonds is 4. The molecule has 2 aromatic rings. The van der Waals surface area contributed by atoms with Crippen LogP contribution in [0.3, 0.4) is 0 Å². The van der Waals surface area contributed by atoms with Crippen molar-refractivity contribution in [3.05, 3.63) is 68.7 Å². The molecule has 2 nitrogen and oxygen atoms in total. The van der Waals surface area contributed by atoms with Crippen LogP contribution in [0.15, 0.2) is 46.9 Å². The van der Waals surface area contributed by atoms with Crippen LogP contribution in [0.1, 0.15) is 40.9 Å². The Balaban J connectivity index is 2.15. The van der Waals surface area contributed by atoms with Crippen molar-refractivity contribution in [1.29, 1.82) is 0 Å². The van der Waals surface area contributed by atoms with Crippen LogP contribution < -0.4 is 5.32 Å². The normalized spacial score (nSPS) is 12.0. The number of hydrogen-bond donors (Lipinski definition) is 1. The molecule has 1 atom stereocenters. The number of halogens is 2. The molecule has 0 heterocycles. The van der Waals surface area contributed by atoms with Gasteiger partial charge < -0.3 is 5.32 Å². The summed E-state index contributed by atoms with van der Waals surface area (Å²) in [7, 11) is 0. The molecule has 0 aliphatic carbocycles. The van der Waals surface area contributed by atoms with Crippen molar-refractivity contribution in [3.63, 3.8) is 0 Å². The first-order chi connectivity index (χ1) is 10.0. The smallest absolute Gasteiger partial charge is 0.251 e. The summed E-state index contributed by atoms with van der Waals surface area (Å²) in [5.41, 5.74) is 2.77. The molecule has 1 amide bonds. The SMILES string of the molecule is CCC(NC(=O)c1ccc(Br)c(C)c1)c1ccc(Cl)cc1. The fourth-order valence-corrected chi connectivity index (χ4v) is 2.52. The lowest BCUT2D eigenvalue weighted by Gasteiger charge is -2.18. The number of carbonyl (C=O) groups is 1. The molecule has 1 N–H and O–H groups in total. The van der Waals surface area contributed by atoms with Crippen LogP contribution in [-0.2, 0) is 0 Å². The molecule has 4 heteroatoms. The third-order valence-electron chi connectivity index (χ3n) is 3.41. The molecule has 110 valence electrons. The molecule has 0 aromatic heterocycles. The Kier molecular flexibility index (Phi) is 5.43. The van der Waals surface area contributed by atoms with Crippen molar-refractivity contribution in [2.24, 2.45) is 0 Å². The van der Waals surface area contributed by atoms with Gasteiger partial charge in [-0.15, -0.1) is 0 Å². The third-order valence-corrected chi connectivity index (χ3v) is 4.55. The number of benzene rings is 2. The van der Waals surface area contributed by atoms with E-state index in [0.717, 1.165) is 22.0 Å². The molecule has 0 bridgehead atoms. The second-order valence-electron chi connectivity index (χ2n) is 4.95. The van der Waals surface area contributed by atoms with E-state index in [9.17, 15) is 4.79 Å². The summed E-state index contributed by atoms with van der Waals surface area (Å²) in [5, 5.41) is 3.77. The van der Waals surface area contributed by atoms with Gasteiger partial charge in [0.1, 0.15) is 0 Å². The summed E-state index contributed by atoms with van der Waals surface area (Å²) in [6.07, 6.45) is 0.822. The van der Waals surface area contributed by atoms with Gasteiger partial charge in [-0.25, -0.2) is 0 Å². The lowest BCUT2D eigenvalue weighted by atomic mass is 10.0. The highest BCUT2D eigenvalue weighted by Gasteiger charge is 2.14. The van der Waals surface area contributed by atoms with Gasteiger partial charge in [0.15, 0.2) is 0 Å². The third kappa shape index (κ3) is 4.08. The maximum atomic E-state index is 12.4. The zero-order valence-corrected chi connectivity index (χ0v) is 14.3. The minimum Gasteiger partial charge on any atom is -0.345 e. The molecule has 2 rings (SSSR count). The summed E-state index contributed by atoms with van der Waals surface area (Å²) in [4.78, 5) is 12.4. The number of aryl methyl sites for hydroxylation is 1. The minimum atomic E-state index is -0.0626. The number of nitrogens with one attached hydrogen (secondary N) is 1. The quantitative estimate of drug-likeness (QED) is 0.782. The second-order valence-corrected chi connectivity index (χ2v) is 6.24. The van der Waals surface area contributed by atoms with Crippen molar-refractivity contribution in [2.45, 2.75) is 26.3 Å². The Bertz CT molecular complexity index is 640. The maximum absolute atomic E-state index is 12.4. The second kappa shape index (κ2) is 7.10. The first-order valence-corrected chi connectivity index (χ1v) is 8.01. The number of hydrogen-bond acceptors (Lipinski definition) is 1. The van der Waals surface area contributed by atoms with Crippen LogP contribution >= 0.6 is 27.5 Å². The van der Waals surface area contributed by atoms with Crippen molar-refractivity contribution in [3.8, 4) is 0 Å². The van der Waals surface area contributed by atoms with E-state index in [1.165, 1.54) is 0 Å². The van der Waals surface area contributed by atoms with E-state index in [1.54, 1.807) is 0 Å². The van der Waals surface area contributed by atoms with Crippen LogP contribution in [0.2, 0.25) is 5.02 Å². The molecule has 0 fully saturated rings. The van der Waals surface area contributed by atoms with Gasteiger partial charge in [0.05, 0.1) is 6.04 Å². The van der Waals surface area contributed by atoms with Gasteiger partial charge in [-0.05, 0) is 54.8 Å². The van der Waals surface area contributed by atoms with Crippen LogP contribution in [0.5, 0.6) is 0 Å². The van der Waals surface area contributed by atoms with Gasteiger partial charge in [0, 0.05) is 15.1 Å². The zero-order valence-electron chi connectivity index (χ0n) is 12.0. The van der Waals surface area contributed by atoms with Crippen LogP contribution in [0.25, 0.3) is 0 Å². The average Bonchev–Trinajstić information content (AvgIpc) is 2.48. The highest BCUT2D eigenvalue weighted by atomic mass is 79.9. The lowest BCUT2D eigenvalue weighted by molar-refractivity contribution is 0.0935. The summed E-state index contributed by atoms with van der Waals surface area (Å²) in [6.45, 7) is 4.02. The van der Waals surface area contributed by atoms with E-state index < -0.39 is 0 Å². The Labute approximate surface area is 138 Å². The molecule has 0 aliphatic heterocycles. The molecule has 0 aliphatic rings. The van der Waals surface area contributed by atoms with Crippen molar-refractivity contribution in [1.82, 2.24) is 5.32 Å². The molecule has 0 spiro atoms. The summed E-state index contributed by atoms with van der Waals surface area (Å²) >= 11 is 9.34. The van der Waals surface area contributed by atoms with E-state index >= 15 is 0 Å². The molecule has 0 saturated heterocycles. The van der Waals surface area contributed by atoms with Gasteiger partial charge in [-0.2, -0.15) is 0 Å². The van der Waals surface area contributed by atoms with E-state index in [-0.39, 0.29) is 11.9 Å². The summed E-state index contributed by atoms with van der Waals surface area (Å²) in [6, 6.07) is 13.2. The van der Waals surface area contributed by atoms with Gasteiger partial charge in [0.25, 0.3) is 5.91 Å². The van der Waals surface area contributed by atoms with Crippen molar-refractivity contribution in [2.75, 3.05) is 0 Å². The van der Waals surface area contributed by atoms with Crippen molar-refractivity contribution < 1.29 is 4.79 Å². The van der Waals surface area contributed by atoms with Gasteiger partial charge in [-0.3, -0.25) is 4.79 Å². The lowest BCUT2D eigenvalue weighted by Crippen LogP contribution is -2.28. The first kappa shape index (κ1) is 16.1. The Hall–Kier alpha value is -1.32. The monoisotopic (exact) mass is 365 g/mol. The number of amides is 1. The molecular formula is C17H17BrClNO. The molecule has 2 aromatic carbocycles. The fraction of sp³-hybridized carbons (Fsp3) is 0.235.